The Hall–Kier alpha value is -2.96. The minimum Gasteiger partial charge on any atom is -0.355 e. The lowest BCUT2D eigenvalue weighted by Gasteiger charge is -2.15. The maximum Gasteiger partial charge on any atom is 0.279 e. The largest absolute Gasteiger partial charge is 0.355 e. The maximum absolute atomic E-state index is 12.4. The van der Waals surface area contributed by atoms with E-state index in [1.165, 1.54) is 16.0 Å². The van der Waals surface area contributed by atoms with Crippen LogP contribution in [0.1, 0.15) is 32.4 Å². The number of carbonyl (C=O) groups is 2. The second-order valence-corrected chi connectivity index (χ2v) is 7.53. The van der Waals surface area contributed by atoms with Crippen molar-refractivity contribution < 1.29 is 14.9 Å². The van der Waals surface area contributed by atoms with Gasteiger partial charge in [-0.3, -0.25) is 9.59 Å². The molecule has 0 spiro atoms. The van der Waals surface area contributed by atoms with Gasteiger partial charge in [0.05, 0.1) is 4.88 Å². The molecule has 0 bridgehead atoms. The number of nitrogens with two attached hydrogens (primary N) is 1. The van der Waals surface area contributed by atoms with E-state index in [0.29, 0.717) is 17.8 Å². The number of nitrogens with one attached hydrogen (secondary N) is 2. The van der Waals surface area contributed by atoms with Gasteiger partial charge in [0.2, 0.25) is 0 Å². The molecule has 0 radical (unpaired) electrons. The van der Waals surface area contributed by atoms with E-state index in [9.17, 15) is 9.59 Å². The van der Waals surface area contributed by atoms with Crippen LogP contribution in [0.5, 0.6) is 0 Å². The topological polar surface area (TPSA) is 74.8 Å². The average Bonchev–Trinajstić information content (AvgIpc) is 3.24. The van der Waals surface area contributed by atoms with Crippen LogP contribution in [-0.4, -0.2) is 25.4 Å². The molecule has 144 valence electrons. The summed E-state index contributed by atoms with van der Waals surface area (Å²) in [6, 6.07) is 19.5. The number of benzene rings is 2. The lowest BCUT2D eigenvalue weighted by molar-refractivity contribution is -0.675. The Balaban J connectivity index is 1.64. The van der Waals surface area contributed by atoms with Crippen LogP contribution >= 0.6 is 11.3 Å². The van der Waals surface area contributed by atoms with Crippen LogP contribution in [0, 0.1) is 6.92 Å². The van der Waals surface area contributed by atoms with Gasteiger partial charge in [-0.1, -0.05) is 35.9 Å². The summed E-state index contributed by atoms with van der Waals surface area (Å²) >= 11 is 1.69. The molecule has 5 nitrogen and oxygen atoms in total. The van der Waals surface area contributed by atoms with Crippen LogP contribution in [-0.2, 0) is 4.79 Å². The van der Waals surface area contributed by atoms with E-state index in [0.717, 1.165) is 0 Å². The molecule has 2 amide bonds. The number of rotatable bonds is 7. The Morgan fingerprint density at radius 2 is 1.75 bits per heavy atom. The van der Waals surface area contributed by atoms with Crippen LogP contribution in [0.2, 0.25) is 0 Å². The number of thiophene rings is 1. The van der Waals surface area contributed by atoms with E-state index < -0.39 is 0 Å². The number of quaternary nitrogens is 1. The Morgan fingerprint density at radius 1 is 1.04 bits per heavy atom. The summed E-state index contributed by atoms with van der Waals surface area (Å²) in [6.07, 6.45) is 0. The molecule has 0 fully saturated rings. The van der Waals surface area contributed by atoms with E-state index in [-0.39, 0.29) is 17.9 Å². The number of anilines is 1. The molecule has 0 unspecified atom stereocenters. The fourth-order valence-electron chi connectivity index (χ4n) is 2.94. The first-order valence-corrected chi connectivity index (χ1v) is 10.00. The highest BCUT2D eigenvalue weighted by Crippen LogP contribution is 2.23. The van der Waals surface area contributed by atoms with Gasteiger partial charge in [-0.25, -0.2) is 0 Å². The van der Waals surface area contributed by atoms with Gasteiger partial charge in [0, 0.05) is 23.9 Å². The van der Waals surface area contributed by atoms with Gasteiger partial charge < -0.3 is 16.0 Å². The second-order valence-electron chi connectivity index (χ2n) is 6.55. The predicted octanol–water partition coefficient (Wildman–Crippen LogP) is 2.71. The monoisotopic (exact) mass is 394 g/mol. The van der Waals surface area contributed by atoms with Gasteiger partial charge in [-0.2, -0.15) is 0 Å². The first-order chi connectivity index (χ1) is 13.6. The van der Waals surface area contributed by atoms with E-state index in [2.05, 4.69) is 53.3 Å². The number of hydrogen-bond donors (Lipinski definition) is 3. The highest BCUT2D eigenvalue weighted by molar-refractivity contribution is 7.10. The van der Waals surface area contributed by atoms with E-state index >= 15 is 0 Å². The van der Waals surface area contributed by atoms with Crippen LogP contribution in [0.3, 0.4) is 0 Å². The molecule has 0 saturated heterocycles. The number of carbonyl (C=O) groups excluding carboxylic acids is 2. The van der Waals surface area contributed by atoms with Crippen molar-refractivity contribution in [1.29, 1.82) is 0 Å². The molecular formula is C22H24N3O2S+. The molecule has 1 heterocycles. The zero-order valence-corrected chi connectivity index (χ0v) is 16.8. The molecule has 3 aromatic rings. The summed E-state index contributed by atoms with van der Waals surface area (Å²) in [5, 5.41) is 9.57. The summed E-state index contributed by atoms with van der Waals surface area (Å²) in [5.74, 6) is -0.232. The highest BCUT2D eigenvalue weighted by Gasteiger charge is 2.20. The van der Waals surface area contributed by atoms with Crippen LogP contribution in [0.4, 0.5) is 5.69 Å². The fourth-order valence-corrected chi connectivity index (χ4v) is 3.80. The normalized spacial score (nSPS) is 11.6. The zero-order chi connectivity index (χ0) is 19.9. The van der Waals surface area contributed by atoms with Crippen molar-refractivity contribution in [3.8, 4) is 0 Å². The Kier molecular flexibility index (Phi) is 6.57. The third-order valence-electron chi connectivity index (χ3n) is 4.48. The number of aryl methyl sites for hydroxylation is 1. The molecule has 6 heteroatoms. The molecule has 3 rings (SSSR count). The lowest BCUT2D eigenvalue weighted by Crippen LogP contribution is -2.87. The van der Waals surface area contributed by atoms with Crippen molar-refractivity contribution in [2.24, 2.45) is 0 Å². The average molecular weight is 395 g/mol. The van der Waals surface area contributed by atoms with Gasteiger partial charge in [-0.15, -0.1) is 11.3 Å². The van der Waals surface area contributed by atoms with Gasteiger partial charge >= 0.3 is 0 Å². The SMILES string of the molecule is CNC(=O)c1ccc(NC(=O)C[NH2+][C@H](c2ccc(C)cc2)c2cccs2)cc1. The maximum atomic E-state index is 12.4. The summed E-state index contributed by atoms with van der Waals surface area (Å²) in [7, 11) is 1.59. The molecule has 4 N–H and O–H groups in total. The van der Waals surface area contributed by atoms with Crippen molar-refractivity contribution >= 4 is 28.8 Å². The summed E-state index contributed by atoms with van der Waals surface area (Å²) in [5.41, 5.74) is 3.63. The summed E-state index contributed by atoms with van der Waals surface area (Å²) in [4.78, 5) is 25.2. The predicted molar refractivity (Wildman–Crippen MR) is 113 cm³/mol. The lowest BCUT2D eigenvalue weighted by atomic mass is 10.0. The first-order valence-electron chi connectivity index (χ1n) is 9.12. The molecule has 0 aliphatic heterocycles. The zero-order valence-electron chi connectivity index (χ0n) is 15.9. The Labute approximate surface area is 168 Å². The minimum atomic E-state index is -0.150. The first kappa shape index (κ1) is 19.8. The molecule has 1 aromatic heterocycles. The van der Waals surface area contributed by atoms with Crippen LogP contribution in [0.15, 0.2) is 66.0 Å². The van der Waals surface area contributed by atoms with Crippen LogP contribution < -0.4 is 16.0 Å². The molecule has 0 aliphatic rings. The Morgan fingerprint density at radius 3 is 2.36 bits per heavy atom. The van der Waals surface area contributed by atoms with Gasteiger partial charge in [0.1, 0.15) is 6.04 Å². The third-order valence-corrected chi connectivity index (χ3v) is 5.44. The summed E-state index contributed by atoms with van der Waals surface area (Å²) < 4.78 is 0. The number of hydrogen-bond acceptors (Lipinski definition) is 3. The van der Waals surface area contributed by atoms with Crippen molar-refractivity contribution in [2.45, 2.75) is 13.0 Å². The standard InChI is InChI=1S/C22H23N3O2S/c1-15-5-7-16(8-6-15)21(19-4-3-13-28-19)24-14-20(26)25-18-11-9-17(10-12-18)22(27)23-2/h3-13,21,24H,14H2,1-2H3,(H,23,27)(H,25,26)/p+1/t21-/m1/s1. The van der Waals surface area contributed by atoms with E-state index in [1.54, 1.807) is 42.6 Å². The van der Waals surface area contributed by atoms with Crippen molar-refractivity contribution in [2.75, 3.05) is 18.9 Å². The van der Waals surface area contributed by atoms with Gasteiger partial charge in [0.15, 0.2) is 6.54 Å². The third kappa shape index (κ3) is 5.06. The fraction of sp³-hybridized carbons (Fsp3) is 0.182. The second kappa shape index (κ2) is 9.30. The molecule has 28 heavy (non-hydrogen) atoms. The minimum absolute atomic E-state index is 0.0821. The summed E-state index contributed by atoms with van der Waals surface area (Å²) in [6.45, 7) is 2.37. The molecule has 0 aliphatic carbocycles. The van der Waals surface area contributed by atoms with Crippen LogP contribution in [0.25, 0.3) is 0 Å². The van der Waals surface area contributed by atoms with Gasteiger partial charge in [0.25, 0.3) is 11.8 Å². The van der Waals surface area contributed by atoms with E-state index in [4.69, 9.17) is 0 Å². The molecular weight excluding hydrogens is 370 g/mol. The van der Waals surface area contributed by atoms with E-state index in [1.807, 2.05) is 11.4 Å². The van der Waals surface area contributed by atoms with Crippen molar-refractivity contribution in [1.82, 2.24) is 5.32 Å². The van der Waals surface area contributed by atoms with Crippen molar-refractivity contribution in [3.05, 3.63) is 87.6 Å². The molecule has 0 saturated carbocycles. The van der Waals surface area contributed by atoms with Crippen molar-refractivity contribution in [3.63, 3.8) is 0 Å². The smallest absolute Gasteiger partial charge is 0.279 e. The Bertz CT molecular complexity index is 919. The highest BCUT2D eigenvalue weighted by atomic mass is 32.1. The quantitative estimate of drug-likeness (QED) is 0.576. The molecule has 1 atom stereocenters. The number of amides is 2. The van der Waals surface area contributed by atoms with Gasteiger partial charge in [-0.05, 0) is 42.6 Å². The molecule has 2 aromatic carbocycles.